The third kappa shape index (κ3) is 5.05. The van der Waals surface area contributed by atoms with Crippen LogP contribution >= 0.6 is 0 Å². The molecule has 8 nitrogen and oxygen atoms in total. The second-order valence-electron chi connectivity index (χ2n) is 5.87. The van der Waals surface area contributed by atoms with Crippen LogP contribution in [-0.4, -0.2) is 54.3 Å². The molecule has 1 atom stereocenters. The van der Waals surface area contributed by atoms with Crippen LogP contribution in [0.1, 0.15) is 37.0 Å². The summed E-state index contributed by atoms with van der Waals surface area (Å²) in [6.45, 7) is 4.53. The van der Waals surface area contributed by atoms with Gasteiger partial charge in [0, 0.05) is 30.8 Å². The fourth-order valence-electron chi connectivity index (χ4n) is 2.65. The number of hydrogen-bond acceptors (Lipinski definition) is 5. The summed E-state index contributed by atoms with van der Waals surface area (Å²) < 4.78 is 4.92. The zero-order chi connectivity index (χ0) is 19.1. The zero-order valence-corrected chi connectivity index (χ0v) is 14.9. The molecule has 8 heteroatoms. The normalized spacial score (nSPS) is 15.9. The Bertz CT molecular complexity index is 700. The first kappa shape index (κ1) is 19.4. The smallest absolute Gasteiger partial charge is 0.329 e. The van der Waals surface area contributed by atoms with E-state index in [4.69, 9.17) is 4.74 Å². The molecular weight excluding hydrogens is 338 g/mol. The largest absolute Gasteiger partial charge is 0.454 e. The van der Waals surface area contributed by atoms with E-state index in [0.717, 1.165) is 0 Å². The van der Waals surface area contributed by atoms with E-state index in [2.05, 4.69) is 10.6 Å². The van der Waals surface area contributed by atoms with Crippen LogP contribution in [0.25, 0.3) is 0 Å². The molecule has 26 heavy (non-hydrogen) atoms. The molecule has 0 saturated carbocycles. The fourth-order valence-corrected chi connectivity index (χ4v) is 2.65. The molecule has 0 unspecified atom stereocenters. The summed E-state index contributed by atoms with van der Waals surface area (Å²) >= 11 is 0. The second-order valence-corrected chi connectivity index (χ2v) is 5.87. The molecule has 0 bridgehead atoms. The number of esters is 1. The summed E-state index contributed by atoms with van der Waals surface area (Å²) in [7, 11) is 0. The highest BCUT2D eigenvalue weighted by Gasteiger charge is 2.28. The molecule has 1 aliphatic rings. The van der Waals surface area contributed by atoms with Crippen molar-refractivity contribution in [2.75, 3.05) is 25.0 Å². The number of benzene rings is 1. The fraction of sp³-hybridized carbons (Fsp3) is 0.444. The Labute approximate surface area is 151 Å². The van der Waals surface area contributed by atoms with Crippen LogP contribution in [0.2, 0.25) is 0 Å². The van der Waals surface area contributed by atoms with Gasteiger partial charge >= 0.3 is 5.97 Å². The molecule has 0 radical (unpaired) electrons. The number of rotatable bonds is 7. The average molecular weight is 361 g/mol. The Morgan fingerprint density at radius 1 is 1.27 bits per heavy atom. The molecule has 1 fully saturated rings. The van der Waals surface area contributed by atoms with E-state index in [1.54, 1.807) is 29.2 Å². The minimum atomic E-state index is -0.690. The van der Waals surface area contributed by atoms with Gasteiger partial charge in [0.15, 0.2) is 6.61 Å². The number of amides is 3. The molecule has 0 spiro atoms. The van der Waals surface area contributed by atoms with Gasteiger partial charge in [0.1, 0.15) is 6.04 Å². The van der Waals surface area contributed by atoms with E-state index in [9.17, 15) is 19.2 Å². The number of ether oxygens (including phenoxy) is 1. The summed E-state index contributed by atoms with van der Waals surface area (Å²) in [5.74, 6) is -1.47. The quantitative estimate of drug-likeness (QED) is 0.703. The number of hydrogen-bond donors (Lipinski definition) is 2. The molecule has 1 heterocycles. The lowest BCUT2D eigenvalue weighted by Crippen LogP contribution is -2.36. The van der Waals surface area contributed by atoms with E-state index in [1.807, 2.05) is 13.8 Å². The van der Waals surface area contributed by atoms with Gasteiger partial charge in [-0.2, -0.15) is 0 Å². The molecule has 2 rings (SSSR count). The highest BCUT2D eigenvalue weighted by molar-refractivity contribution is 5.98. The van der Waals surface area contributed by atoms with Crippen LogP contribution < -0.4 is 10.6 Å². The summed E-state index contributed by atoms with van der Waals surface area (Å²) in [4.78, 5) is 48.8. The topological polar surface area (TPSA) is 105 Å². The highest BCUT2D eigenvalue weighted by Crippen LogP contribution is 2.13. The number of nitrogens with zero attached hydrogens (tertiary/aromatic N) is 1. The van der Waals surface area contributed by atoms with Gasteiger partial charge in [-0.3, -0.25) is 14.4 Å². The van der Waals surface area contributed by atoms with Gasteiger partial charge in [-0.15, -0.1) is 0 Å². The average Bonchev–Trinajstić information content (AvgIpc) is 3.07. The molecule has 3 amide bonds. The molecule has 1 saturated heterocycles. The number of nitrogens with one attached hydrogen (secondary N) is 2. The van der Waals surface area contributed by atoms with Crippen molar-refractivity contribution >= 4 is 29.4 Å². The lowest BCUT2D eigenvalue weighted by molar-refractivity contribution is -0.149. The van der Waals surface area contributed by atoms with Crippen LogP contribution in [0.15, 0.2) is 24.3 Å². The van der Waals surface area contributed by atoms with Crippen LogP contribution in [0.3, 0.4) is 0 Å². The van der Waals surface area contributed by atoms with Crippen molar-refractivity contribution < 1.29 is 23.9 Å². The van der Waals surface area contributed by atoms with Crippen LogP contribution in [0.4, 0.5) is 5.69 Å². The Kier molecular flexibility index (Phi) is 6.71. The Morgan fingerprint density at radius 2 is 2.00 bits per heavy atom. The Balaban J connectivity index is 1.89. The van der Waals surface area contributed by atoms with Crippen molar-refractivity contribution in [1.29, 1.82) is 0 Å². The second kappa shape index (κ2) is 8.98. The van der Waals surface area contributed by atoms with Crippen LogP contribution in [0.5, 0.6) is 0 Å². The standard InChI is InChI=1S/C18H23N3O5/c1-3-21(4-2)17(24)12-6-5-7-13(10-12)19-16(23)11-26-18(25)14-8-9-15(22)20-14/h5-7,10,14H,3-4,8-9,11H2,1-2H3,(H,19,23)(H,20,22)/t14-/m1/s1. The van der Waals surface area contributed by atoms with Crippen molar-refractivity contribution in [2.24, 2.45) is 0 Å². The van der Waals surface area contributed by atoms with Gasteiger partial charge in [-0.05, 0) is 38.5 Å². The molecular formula is C18H23N3O5. The van der Waals surface area contributed by atoms with E-state index in [-0.39, 0.29) is 18.2 Å². The molecule has 0 aromatic heterocycles. The van der Waals surface area contributed by atoms with E-state index in [0.29, 0.717) is 30.8 Å². The zero-order valence-electron chi connectivity index (χ0n) is 14.9. The molecule has 1 aromatic carbocycles. The maximum atomic E-state index is 12.3. The lowest BCUT2D eigenvalue weighted by atomic mass is 10.1. The third-order valence-electron chi connectivity index (χ3n) is 4.07. The number of carbonyl (C=O) groups is 4. The van der Waals surface area contributed by atoms with Gasteiger partial charge < -0.3 is 20.3 Å². The SMILES string of the molecule is CCN(CC)C(=O)c1cccc(NC(=O)COC(=O)[C@H]2CCC(=O)N2)c1. The van der Waals surface area contributed by atoms with Crippen LogP contribution in [-0.2, 0) is 19.1 Å². The van der Waals surface area contributed by atoms with E-state index < -0.39 is 24.5 Å². The summed E-state index contributed by atoms with van der Waals surface area (Å²) in [6, 6.07) is 5.89. The first-order valence-corrected chi connectivity index (χ1v) is 8.59. The first-order chi connectivity index (χ1) is 12.4. The molecule has 1 aliphatic heterocycles. The van der Waals surface area contributed by atoms with Gasteiger partial charge in [0.05, 0.1) is 0 Å². The molecule has 140 valence electrons. The minimum Gasteiger partial charge on any atom is -0.454 e. The van der Waals surface area contributed by atoms with Gasteiger partial charge in [-0.1, -0.05) is 6.07 Å². The van der Waals surface area contributed by atoms with E-state index >= 15 is 0 Å². The number of carbonyl (C=O) groups excluding carboxylic acids is 4. The van der Waals surface area contributed by atoms with Gasteiger partial charge in [0.25, 0.3) is 11.8 Å². The maximum Gasteiger partial charge on any atom is 0.329 e. The Hall–Kier alpha value is -2.90. The predicted octanol–water partition coefficient (Wildman–Crippen LogP) is 0.929. The summed E-state index contributed by atoms with van der Waals surface area (Å²) in [5.41, 5.74) is 0.912. The molecule has 2 N–H and O–H groups in total. The van der Waals surface area contributed by atoms with Gasteiger partial charge in [0.2, 0.25) is 5.91 Å². The van der Waals surface area contributed by atoms with E-state index in [1.165, 1.54) is 0 Å². The van der Waals surface area contributed by atoms with Crippen molar-refractivity contribution in [3.05, 3.63) is 29.8 Å². The van der Waals surface area contributed by atoms with Crippen LogP contribution in [0, 0.1) is 0 Å². The molecule has 1 aromatic rings. The molecule has 0 aliphatic carbocycles. The summed E-state index contributed by atoms with van der Waals surface area (Å²) in [5, 5.41) is 5.07. The third-order valence-corrected chi connectivity index (χ3v) is 4.07. The first-order valence-electron chi connectivity index (χ1n) is 8.59. The van der Waals surface area contributed by atoms with Crippen molar-refractivity contribution in [1.82, 2.24) is 10.2 Å². The monoisotopic (exact) mass is 361 g/mol. The van der Waals surface area contributed by atoms with Crippen molar-refractivity contribution in [3.63, 3.8) is 0 Å². The van der Waals surface area contributed by atoms with Crippen molar-refractivity contribution in [2.45, 2.75) is 32.7 Å². The van der Waals surface area contributed by atoms with Crippen molar-refractivity contribution in [3.8, 4) is 0 Å². The van der Waals surface area contributed by atoms with Gasteiger partial charge in [-0.25, -0.2) is 4.79 Å². The Morgan fingerprint density at radius 3 is 2.62 bits per heavy atom. The minimum absolute atomic E-state index is 0.116. The number of anilines is 1. The maximum absolute atomic E-state index is 12.3. The summed E-state index contributed by atoms with van der Waals surface area (Å²) in [6.07, 6.45) is 0.647. The highest BCUT2D eigenvalue weighted by atomic mass is 16.5. The lowest BCUT2D eigenvalue weighted by Gasteiger charge is -2.19. The predicted molar refractivity (Wildman–Crippen MR) is 94.4 cm³/mol.